The highest BCUT2D eigenvalue weighted by Crippen LogP contribution is 2.42. The average Bonchev–Trinajstić information content (AvgIpc) is 2.55. The van der Waals surface area contributed by atoms with Crippen molar-refractivity contribution in [3.05, 3.63) is 59.7 Å². The molecule has 4 nitrogen and oxygen atoms in total. The number of anilines is 1. The quantitative estimate of drug-likeness (QED) is 0.617. The first-order valence-electron chi connectivity index (χ1n) is 7.52. The zero-order chi connectivity index (χ0) is 16.4. The molecule has 116 valence electrons. The number of rotatable bonds is 3. The van der Waals surface area contributed by atoms with Gasteiger partial charge in [0, 0.05) is 18.1 Å². The van der Waals surface area contributed by atoms with Gasteiger partial charge in [0.05, 0.1) is 5.69 Å². The molecule has 2 N–H and O–H groups in total. The van der Waals surface area contributed by atoms with Crippen LogP contribution in [0.15, 0.2) is 58.8 Å². The molecule has 0 bridgehead atoms. The molecular weight excluding hydrogens is 286 g/mol. The van der Waals surface area contributed by atoms with Crippen LogP contribution in [0.2, 0.25) is 0 Å². The summed E-state index contributed by atoms with van der Waals surface area (Å²) < 4.78 is 0. The molecule has 0 fully saturated rings. The molecule has 4 heteroatoms. The Hall–Kier alpha value is -2.88. The number of phenolic OH excluding ortho intramolecular Hbond substituents is 1. The number of hydrogen-bond acceptors (Lipinski definition) is 4. The van der Waals surface area contributed by atoms with E-state index >= 15 is 0 Å². The lowest BCUT2D eigenvalue weighted by Crippen LogP contribution is -1.90. The van der Waals surface area contributed by atoms with Crippen molar-refractivity contribution in [2.45, 2.75) is 13.8 Å². The summed E-state index contributed by atoms with van der Waals surface area (Å²) in [4.78, 5) is 0. The van der Waals surface area contributed by atoms with E-state index in [2.05, 4.69) is 15.5 Å². The third-order valence-corrected chi connectivity index (χ3v) is 3.95. The van der Waals surface area contributed by atoms with Crippen LogP contribution in [0.1, 0.15) is 11.1 Å². The van der Waals surface area contributed by atoms with Gasteiger partial charge < -0.3 is 10.4 Å². The Morgan fingerprint density at radius 3 is 2.43 bits per heavy atom. The summed E-state index contributed by atoms with van der Waals surface area (Å²) in [6.07, 6.45) is 0. The number of phenols is 1. The predicted molar refractivity (Wildman–Crippen MR) is 95.3 cm³/mol. The summed E-state index contributed by atoms with van der Waals surface area (Å²) in [6.45, 7) is 3.91. The topological polar surface area (TPSA) is 57.0 Å². The van der Waals surface area contributed by atoms with Gasteiger partial charge in [0.15, 0.2) is 5.75 Å². The molecule has 0 saturated heterocycles. The molecule has 0 spiro atoms. The lowest BCUT2D eigenvalue weighted by atomic mass is 10.0. The van der Waals surface area contributed by atoms with Crippen molar-refractivity contribution >= 4 is 27.8 Å². The summed E-state index contributed by atoms with van der Waals surface area (Å²) in [5.74, 6) is 0.155. The van der Waals surface area contributed by atoms with Gasteiger partial charge in [0.1, 0.15) is 5.69 Å². The maximum atomic E-state index is 10.7. The molecule has 0 aromatic heterocycles. The van der Waals surface area contributed by atoms with Gasteiger partial charge in [-0.15, -0.1) is 5.11 Å². The van der Waals surface area contributed by atoms with Crippen molar-refractivity contribution in [1.82, 2.24) is 0 Å². The van der Waals surface area contributed by atoms with E-state index in [4.69, 9.17) is 0 Å². The third-order valence-electron chi connectivity index (χ3n) is 3.95. The van der Waals surface area contributed by atoms with Crippen LogP contribution in [0.5, 0.6) is 5.75 Å². The van der Waals surface area contributed by atoms with E-state index in [0.717, 1.165) is 33.3 Å². The number of aromatic hydroxyl groups is 1. The zero-order valence-electron chi connectivity index (χ0n) is 13.5. The molecule has 0 radical (unpaired) electrons. The molecule has 0 heterocycles. The van der Waals surface area contributed by atoms with Crippen molar-refractivity contribution in [2.75, 3.05) is 12.4 Å². The van der Waals surface area contributed by atoms with Gasteiger partial charge in [-0.1, -0.05) is 30.3 Å². The molecule has 3 aromatic carbocycles. The van der Waals surface area contributed by atoms with E-state index in [-0.39, 0.29) is 5.75 Å². The predicted octanol–water partition coefficient (Wildman–Crippen LogP) is 5.62. The maximum absolute atomic E-state index is 10.7. The summed E-state index contributed by atoms with van der Waals surface area (Å²) >= 11 is 0. The van der Waals surface area contributed by atoms with Crippen LogP contribution in [0.25, 0.3) is 10.8 Å². The van der Waals surface area contributed by atoms with Gasteiger partial charge in [-0.05, 0) is 48.6 Å². The first kappa shape index (κ1) is 15.0. The van der Waals surface area contributed by atoms with Crippen LogP contribution >= 0.6 is 0 Å². The number of nitrogens with zero attached hydrogens (tertiary/aromatic N) is 2. The Balaban J connectivity index is 2.16. The van der Waals surface area contributed by atoms with E-state index in [1.807, 2.05) is 69.4 Å². The summed E-state index contributed by atoms with van der Waals surface area (Å²) in [5, 5.41) is 24.2. The van der Waals surface area contributed by atoms with Gasteiger partial charge in [-0.25, -0.2) is 0 Å². The minimum atomic E-state index is 0.155. The van der Waals surface area contributed by atoms with Crippen LogP contribution in [0.4, 0.5) is 17.1 Å². The molecular formula is C19H19N3O. The molecule has 0 aliphatic carbocycles. The minimum Gasteiger partial charge on any atom is -0.505 e. The second-order valence-corrected chi connectivity index (χ2v) is 5.53. The van der Waals surface area contributed by atoms with Crippen molar-refractivity contribution in [2.24, 2.45) is 10.2 Å². The van der Waals surface area contributed by atoms with E-state index in [9.17, 15) is 5.11 Å². The highest BCUT2D eigenvalue weighted by Gasteiger charge is 2.13. The SMILES string of the molecule is CNc1cccc2cc(C)c(N=Nc3ccccc3C)c(O)c12. The van der Waals surface area contributed by atoms with Crippen LogP contribution in [0.3, 0.4) is 0 Å². The van der Waals surface area contributed by atoms with Gasteiger partial charge in [0.25, 0.3) is 0 Å². The fourth-order valence-electron chi connectivity index (χ4n) is 2.68. The Labute approximate surface area is 135 Å². The maximum Gasteiger partial charge on any atom is 0.153 e. The van der Waals surface area contributed by atoms with E-state index < -0.39 is 0 Å². The normalized spacial score (nSPS) is 11.3. The first-order valence-corrected chi connectivity index (χ1v) is 7.52. The molecule has 3 rings (SSSR count). The van der Waals surface area contributed by atoms with E-state index in [0.29, 0.717) is 5.69 Å². The number of nitrogens with one attached hydrogen (secondary N) is 1. The van der Waals surface area contributed by atoms with Crippen LogP contribution < -0.4 is 5.32 Å². The van der Waals surface area contributed by atoms with Crippen LogP contribution in [-0.2, 0) is 0 Å². The van der Waals surface area contributed by atoms with Gasteiger partial charge in [-0.2, -0.15) is 5.11 Å². The number of benzene rings is 3. The number of fused-ring (bicyclic) bond motifs is 1. The zero-order valence-corrected chi connectivity index (χ0v) is 13.5. The van der Waals surface area contributed by atoms with Gasteiger partial charge in [0.2, 0.25) is 0 Å². The fourth-order valence-corrected chi connectivity index (χ4v) is 2.68. The van der Waals surface area contributed by atoms with E-state index in [1.165, 1.54) is 0 Å². The average molecular weight is 305 g/mol. The molecule has 0 amide bonds. The van der Waals surface area contributed by atoms with Gasteiger partial charge in [-0.3, -0.25) is 0 Å². The third kappa shape index (κ3) is 2.75. The molecule has 0 aliphatic heterocycles. The molecule has 0 unspecified atom stereocenters. The van der Waals surface area contributed by atoms with Crippen molar-refractivity contribution in [3.63, 3.8) is 0 Å². The number of hydrogen-bond donors (Lipinski definition) is 2. The van der Waals surface area contributed by atoms with Crippen molar-refractivity contribution < 1.29 is 5.11 Å². The Bertz CT molecular complexity index is 901. The first-order chi connectivity index (χ1) is 11.1. The molecule has 3 aromatic rings. The number of aryl methyl sites for hydroxylation is 2. The minimum absolute atomic E-state index is 0.155. The Morgan fingerprint density at radius 2 is 1.70 bits per heavy atom. The second-order valence-electron chi connectivity index (χ2n) is 5.53. The smallest absolute Gasteiger partial charge is 0.153 e. The monoisotopic (exact) mass is 305 g/mol. The lowest BCUT2D eigenvalue weighted by molar-refractivity contribution is 0.482. The summed E-state index contributed by atoms with van der Waals surface area (Å²) in [6, 6.07) is 15.7. The molecule has 0 atom stereocenters. The van der Waals surface area contributed by atoms with Crippen molar-refractivity contribution in [1.29, 1.82) is 0 Å². The number of azo groups is 1. The van der Waals surface area contributed by atoms with Crippen LogP contribution in [0, 0.1) is 13.8 Å². The summed E-state index contributed by atoms with van der Waals surface area (Å²) in [7, 11) is 1.84. The van der Waals surface area contributed by atoms with E-state index in [1.54, 1.807) is 0 Å². The summed E-state index contributed by atoms with van der Waals surface area (Å²) in [5.41, 5.74) is 4.11. The molecule has 23 heavy (non-hydrogen) atoms. The molecule has 0 saturated carbocycles. The highest BCUT2D eigenvalue weighted by molar-refractivity contribution is 6.02. The highest BCUT2D eigenvalue weighted by atomic mass is 16.3. The van der Waals surface area contributed by atoms with Crippen LogP contribution in [-0.4, -0.2) is 12.2 Å². The Kier molecular flexibility index (Phi) is 3.98. The Morgan fingerprint density at radius 1 is 0.913 bits per heavy atom. The fraction of sp³-hybridized carbons (Fsp3) is 0.158. The second kappa shape index (κ2) is 6.08. The largest absolute Gasteiger partial charge is 0.505 e. The lowest BCUT2D eigenvalue weighted by Gasteiger charge is -2.11. The van der Waals surface area contributed by atoms with Gasteiger partial charge >= 0.3 is 0 Å². The van der Waals surface area contributed by atoms with Crippen molar-refractivity contribution in [3.8, 4) is 5.75 Å². The standard InChI is InChI=1S/C19H19N3O/c1-12-7-4-5-9-15(12)21-22-18-13(2)11-14-8-6-10-16(20-3)17(14)19(18)23/h4-11,20,23H,1-3H3. The molecule has 0 aliphatic rings.